The summed E-state index contributed by atoms with van der Waals surface area (Å²) in [5, 5.41) is 2.23. The molecule has 0 atom stereocenters. The second-order valence-corrected chi connectivity index (χ2v) is 3.65. The van der Waals surface area contributed by atoms with E-state index in [9.17, 15) is 14.0 Å². The van der Waals surface area contributed by atoms with Crippen LogP contribution in [0.2, 0.25) is 0 Å². The molecule has 0 unspecified atom stereocenters. The summed E-state index contributed by atoms with van der Waals surface area (Å²) in [6.07, 6.45) is 0. The molecule has 0 aliphatic rings. The average Bonchev–Trinajstić information content (AvgIpc) is 2.42. The molecule has 0 saturated heterocycles. The average molecular weight is 266 g/mol. The van der Waals surface area contributed by atoms with Crippen LogP contribution in [0, 0.1) is 5.82 Å². The molecule has 100 valence electrons. The molecular formula is C12H11FN2O4. The van der Waals surface area contributed by atoms with Gasteiger partial charge in [0.05, 0.1) is 14.2 Å². The summed E-state index contributed by atoms with van der Waals surface area (Å²) in [5.74, 6) is -0.567. The van der Waals surface area contributed by atoms with Crippen LogP contribution in [-0.4, -0.2) is 24.0 Å². The smallest absolute Gasteiger partial charge is 0.270 e. The third-order valence-corrected chi connectivity index (χ3v) is 2.51. The number of hydrogen-bond donors (Lipinski definition) is 1. The van der Waals surface area contributed by atoms with E-state index < -0.39 is 16.9 Å². The minimum atomic E-state index is -0.771. The summed E-state index contributed by atoms with van der Waals surface area (Å²) in [4.78, 5) is 22.9. The van der Waals surface area contributed by atoms with Crippen molar-refractivity contribution in [1.29, 1.82) is 0 Å². The molecule has 0 spiro atoms. The predicted molar refractivity (Wildman–Crippen MR) is 65.7 cm³/mol. The van der Waals surface area contributed by atoms with E-state index in [0.29, 0.717) is 5.75 Å². The van der Waals surface area contributed by atoms with E-state index in [1.54, 1.807) is 0 Å². The second-order valence-electron chi connectivity index (χ2n) is 3.65. The SMILES string of the molecule is COc1cc(OC)c(F)c(-n2[nH]c(=O)ccc2=O)c1. The van der Waals surface area contributed by atoms with Crippen LogP contribution in [-0.2, 0) is 0 Å². The van der Waals surface area contributed by atoms with Crippen molar-refractivity contribution >= 4 is 0 Å². The fourth-order valence-electron chi connectivity index (χ4n) is 1.59. The van der Waals surface area contributed by atoms with Crippen LogP contribution in [0.1, 0.15) is 0 Å². The second kappa shape index (κ2) is 4.97. The Balaban J connectivity index is 2.77. The van der Waals surface area contributed by atoms with Crippen LogP contribution < -0.4 is 20.6 Å². The number of nitrogens with one attached hydrogen (secondary N) is 1. The van der Waals surface area contributed by atoms with Gasteiger partial charge in [0.1, 0.15) is 11.4 Å². The molecule has 1 aromatic heterocycles. The number of nitrogens with zero attached hydrogens (tertiary/aromatic N) is 1. The Morgan fingerprint density at radius 1 is 1.16 bits per heavy atom. The molecule has 2 rings (SSSR count). The van der Waals surface area contributed by atoms with E-state index in [4.69, 9.17) is 9.47 Å². The molecular weight excluding hydrogens is 255 g/mol. The predicted octanol–water partition coefficient (Wildman–Crippen LogP) is 0.682. The third-order valence-electron chi connectivity index (χ3n) is 2.51. The highest BCUT2D eigenvalue weighted by molar-refractivity contribution is 5.47. The molecule has 0 amide bonds. The molecule has 0 aliphatic carbocycles. The fourth-order valence-corrected chi connectivity index (χ4v) is 1.59. The lowest BCUT2D eigenvalue weighted by Gasteiger charge is -2.11. The molecule has 1 N–H and O–H groups in total. The van der Waals surface area contributed by atoms with Crippen LogP contribution in [0.3, 0.4) is 0 Å². The van der Waals surface area contributed by atoms with Gasteiger partial charge in [0.2, 0.25) is 0 Å². The Kier molecular flexibility index (Phi) is 3.37. The lowest BCUT2D eigenvalue weighted by Crippen LogP contribution is -2.27. The number of halogens is 1. The van der Waals surface area contributed by atoms with Crippen molar-refractivity contribution in [2.45, 2.75) is 0 Å². The van der Waals surface area contributed by atoms with Crippen molar-refractivity contribution in [2.24, 2.45) is 0 Å². The zero-order chi connectivity index (χ0) is 14.0. The highest BCUT2D eigenvalue weighted by atomic mass is 19.1. The third kappa shape index (κ3) is 2.35. The summed E-state index contributed by atoms with van der Waals surface area (Å²) in [5.41, 5.74) is -1.26. The highest BCUT2D eigenvalue weighted by Crippen LogP contribution is 2.28. The molecule has 7 heteroatoms. The zero-order valence-corrected chi connectivity index (χ0v) is 10.3. The number of H-pyrrole nitrogens is 1. The Labute approximate surface area is 107 Å². The maximum Gasteiger partial charge on any atom is 0.270 e. The van der Waals surface area contributed by atoms with E-state index in [0.717, 1.165) is 16.8 Å². The van der Waals surface area contributed by atoms with Crippen LogP contribution in [0.4, 0.5) is 4.39 Å². The van der Waals surface area contributed by atoms with E-state index >= 15 is 0 Å². The topological polar surface area (TPSA) is 73.3 Å². The summed E-state index contributed by atoms with van der Waals surface area (Å²) >= 11 is 0. The van der Waals surface area contributed by atoms with Crippen molar-refractivity contribution in [2.75, 3.05) is 14.2 Å². The summed E-state index contributed by atoms with van der Waals surface area (Å²) in [6.45, 7) is 0. The number of aromatic nitrogens is 2. The van der Waals surface area contributed by atoms with Crippen molar-refractivity contribution in [3.05, 3.63) is 50.8 Å². The van der Waals surface area contributed by atoms with Gasteiger partial charge in [-0.1, -0.05) is 0 Å². The quantitative estimate of drug-likeness (QED) is 0.886. The van der Waals surface area contributed by atoms with Crippen LogP contribution in [0.5, 0.6) is 11.5 Å². The van der Waals surface area contributed by atoms with Gasteiger partial charge in [-0.3, -0.25) is 14.7 Å². The Bertz CT molecular complexity index is 720. The van der Waals surface area contributed by atoms with Crippen LogP contribution >= 0.6 is 0 Å². The molecule has 2 aromatic rings. The summed E-state index contributed by atoms with van der Waals surface area (Å²) in [7, 11) is 2.69. The monoisotopic (exact) mass is 266 g/mol. The van der Waals surface area contributed by atoms with Crippen molar-refractivity contribution in [3.63, 3.8) is 0 Å². The molecule has 0 aliphatic heterocycles. The van der Waals surface area contributed by atoms with Gasteiger partial charge < -0.3 is 9.47 Å². The van der Waals surface area contributed by atoms with Gasteiger partial charge in [0, 0.05) is 24.3 Å². The van der Waals surface area contributed by atoms with Crippen molar-refractivity contribution < 1.29 is 13.9 Å². The number of rotatable bonds is 3. The van der Waals surface area contributed by atoms with Gasteiger partial charge in [-0.25, -0.2) is 9.07 Å². The van der Waals surface area contributed by atoms with Gasteiger partial charge in [-0.2, -0.15) is 0 Å². The number of methoxy groups -OCH3 is 2. The lowest BCUT2D eigenvalue weighted by molar-refractivity contribution is 0.372. The Hall–Kier alpha value is -2.57. The number of benzene rings is 1. The van der Waals surface area contributed by atoms with Gasteiger partial charge in [0.15, 0.2) is 11.6 Å². The first-order chi connectivity index (χ1) is 9.06. The zero-order valence-electron chi connectivity index (χ0n) is 10.3. The van der Waals surface area contributed by atoms with E-state index in [-0.39, 0.29) is 11.4 Å². The largest absolute Gasteiger partial charge is 0.497 e. The molecule has 0 saturated carbocycles. The van der Waals surface area contributed by atoms with Crippen LogP contribution in [0.15, 0.2) is 33.9 Å². The van der Waals surface area contributed by atoms with Gasteiger partial charge in [-0.15, -0.1) is 0 Å². The summed E-state index contributed by atoms with van der Waals surface area (Å²) in [6, 6.07) is 4.73. The number of hydrogen-bond acceptors (Lipinski definition) is 4. The minimum Gasteiger partial charge on any atom is -0.497 e. The number of ether oxygens (including phenoxy) is 2. The van der Waals surface area contributed by atoms with Gasteiger partial charge in [0.25, 0.3) is 11.1 Å². The molecule has 6 nitrogen and oxygen atoms in total. The van der Waals surface area contributed by atoms with E-state index in [1.165, 1.54) is 26.4 Å². The molecule has 0 radical (unpaired) electrons. The van der Waals surface area contributed by atoms with Crippen molar-refractivity contribution in [3.8, 4) is 17.2 Å². The first-order valence-corrected chi connectivity index (χ1v) is 5.31. The fraction of sp³-hybridized carbons (Fsp3) is 0.167. The first-order valence-electron chi connectivity index (χ1n) is 5.31. The molecule has 1 aromatic carbocycles. The van der Waals surface area contributed by atoms with E-state index in [2.05, 4.69) is 5.10 Å². The van der Waals surface area contributed by atoms with E-state index in [1.807, 2.05) is 0 Å². The maximum absolute atomic E-state index is 14.1. The van der Waals surface area contributed by atoms with Crippen molar-refractivity contribution in [1.82, 2.24) is 9.78 Å². The molecule has 0 bridgehead atoms. The number of aromatic amines is 1. The van der Waals surface area contributed by atoms with Crippen LogP contribution in [0.25, 0.3) is 5.69 Å². The maximum atomic E-state index is 14.1. The normalized spacial score (nSPS) is 10.3. The highest BCUT2D eigenvalue weighted by Gasteiger charge is 2.15. The van der Waals surface area contributed by atoms with Gasteiger partial charge in [-0.05, 0) is 0 Å². The molecule has 19 heavy (non-hydrogen) atoms. The van der Waals surface area contributed by atoms with Gasteiger partial charge >= 0.3 is 0 Å². The molecule has 1 heterocycles. The molecule has 0 fully saturated rings. The lowest BCUT2D eigenvalue weighted by atomic mass is 10.2. The Morgan fingerprint density at radius 2 is 1.89 bits per heavy atom. The standard InChI is InChI=1S/C12H11FN2O4/c1-18-7-5-8(12(13)9(6-7)19-2)15-11(17)4-3-10(16)14-15/h3-6H,1-2H3,(H,14,16). The summed E-state index contributed by atoms with van der Waals surface area (Å²) < 4.78 is 24.8. The first kappa shape index (κ1) is 12.9. The minimum absolute atomic E-state index is 0.0917. The Morgan fingerprint density at radius 3 is 2.53 bits per heavy atom.